The van der Waals surface area contributed by atoms with Crippen LogP contribution in [0.3, 0.4) is 0 Å². The Morgan fingerprint density at radius 3 is 2.50 bits per heavy atom. The van der Waals surface area contributed by atoms with E-state index >= 15 is 0 Å². The number of benzene rings is 1. The van der Waals surface area contributed by atoms with Gasteiger partial charge in [-0.3, -0.25) is 4.79 Å². The van der Waals surface area contributed by atoms with Crippen LogP contribution >= 0.6 is 11.6 Å². The molecule has 1 amide bonds. The first-order valence-corrected chi connectivity index (χ1v) is 6.76. The summed E-state index contributed by atoms with van der Waals surface area (Å²) in [7, 11) is 0. The smallest absolute Gasteiger partial charge is 0.287 e. The molecule has 1 heterocycles. The van der Waals surface area contributed by atoms with Gasteiger partial charge in [0.25, 0.3) is 5.91 Å². The Morgan fingerprint density at radius 2 is 1.90 bits per heavy atom. The monoisotopic (exact) mass is 293 g/mol. The lowest BCUT2D eigenvalue weighted by atomic mass is 10.1. The summed E-state index contributed by atoms with van der Waals surface area (Å²) in [4.78, 5) is 11.8. The number of carbonyl (C=O) groups excluding carboxylic acids is 1. The van der Waals surface area contributed by atoms with Gasteiger partial charge >= 0.3 is 0 Å². The van der Waals surface area contributed by atoms with E-state index in [-0.39, 0.29) is 16.9 Å². The number of amides is 1. The van der Waals surface area contributed by atoms with Gasteiger partial charge in [-0.05, 0) is 41.8 Å². The third-order valence-electron chi connectivity index (χ3n) is 2.75. The molecule has 4 nitrogen and oxygen atoms in total. The molecule has 0 aliphatic heterocycles. The van der Waals surface area contributed by atoms with Crippen molar-refractivity contribution in [1.29, 1.82) is 0 Å². The second kappa shape index (κ2) is 7.12. The van der Waals surface area contributed by atoms with E-state index in [4.69, 9.17) is 20.8 Å². The Balaban J connectivity index is 1.86. The Hall–Kier alpha value is -1.78. The molecule has 0 aliphatic rings. The summed E-state index contributed by atoms with van der Waals surface area (Å²) in [6.07, 6.45) is 0. The zero-order valence-corrected chi connectivity index (χ0v) is 11.9. The van der Waals surface area contributed by atoms with Crippen molar-refractivity contribution in [3.63, 3.8) is 0 Å². The molecule has 1 aromatic carbocycles. The van der Waals surface area contributed by atoms with Gasteiger partial charge in [0, 0.05) is 13.2 Å². The predicted molar refractivity (Wildman–Crippen MR) is 76.7 cm³/mol. The first-order valence-electron chi connectivity index (χ1n) is 6.38. The van der Waals surface area contributed by atoms with Crippen molar-refractivity contribution < 1.29 is 13.9 Å². The Morgan fingerprint density at radius 1 is 1.20 bits per heavy atom. The topological polar surface area (TPSA) is 51.5 Å². The standard InChI is InChI=1S/C15H16ClNO3/c1-2-19-10-12-5-3-11(4-6-12)9-17-15(18)13-7-8-14(16)20-13/h3-8H,2,9-10H2,1H3,(H,17,18). The molecule has 0 aliphatic carbocycles. The van der Waals surface area contributed by atoms with Crippen molar-refractivity contribution in [2.45, 2.75) is 20.1 Å². The summed E-state index contributed by atoms with van der Waals surface area (Å²) < 4.78 is 10.4. The predicted octanol–water partition coefficient (Wildman–Crippen LogP) is 3.40. The van der Waals surface area contributed by atoms with Crippen molar-refractivity contribution in [3.8, 4) is 0 Å². The average Bonchev–Trinajstić information content (AvgIpc) is 2.90. The van der Waals surface area contributed by atoms with Crippen LogP contribution in [0.25, 0.3) is 0 Å². The minimum Gasteiger partial charge on any atom is -0.440 e. The van der Waals surface area contributed by atoms with Gasteiger partial charge in [-0.1, -0.05) is 24.3 Å². The van der Waals surface area contributed by atoms with E-state index in [1.54, 1.807) is 12.1 Å². The highest BCUT2D eigenvalue weighted by atomic mass is 35.5. The number of halogens is 1. The van der Waals surface area contributed by atoms with E-state index in [2.05, 4.69) is 5.32 Å². The zero-order valence-electron chi connectivity index (χ0n) is 11.2. The molecule has 2 aromatic rings. The van der Waals surface area contributed by atoms with Crippen LogP contribution in [0.15, 0.2) is 40.8 Å². The molecule has 20 heavy (non-hydrogen) atoms. The number of nitrogens with one attached hydrogen (secondary N) is 1. The van der Waals surface area contributed by atoms with Crippen molar-refractivity contribution in [3.05, 3.63) is 58.5 Å². The van der Waals surface area contributed by atoms with Crippen molar-refractivity contribution >= 4 is 17.5 Å². The van der Waals surface area contributed by atoms with Gasteiger partial charge in [0.2, 0.25) is 0 Å². The first kappa shape index (κ1) is 14.6. The number of hydrogen-bond donors (Lipinski definition) is 1. The summed E-state index contributed by atoms with van der Waals surface area (Å²) in [6.45, 7) is 3.70. The maximum Gasteiger partial charge on any atom is 0.287 e. The van der Waals surface area contributed by atoms with Crippen molar-refractivity contribution in [2.75, 3.05) is 6.61 Å². The second-order valence-corrected chi connectivity index (χ2v) is 4.61. The number of rotatable bonds is 6. The molecule has 0 radical (unpaired) electrons. The highest BCUT2D eigenvalue weighted by Crippen LogP contribution is 2.13. The summed E-state index contributed by atoms with van der Waals surface area (Å²) in [5, 5.41) is 2.97. The fourth-order valence-electron chi connectivity index (χ4n) is 1.68. The van der Waals surface area contributed by atoms with E-state index in [9.17, 15) is 4.79 Å². The minimum absolute atomic E-state index is 0.204. The zero-order chi connectivity index (χ0) is 14.4. The van der Waals surface area contributed by atoms with E-state index in [0.717, 1.165) is 11.1 Å². The normalized spacial score (nSPS) is 10.5. The van der Waals surface area contributed by atoms with Crippen molar-refractivity contribution in [2.24, 2.45) is 0 Å². The Kier molecular flexibility index (Phi) is 5.21. The van der Waals surface area contributed by atoms with E-state index in [0.29, 0.717) is 19.8 Å². The quantitative estimate of drug-likeness (QED) is 0.888. The molecule has 5 heteroatoms. The molecular weight excluding hydrogens is 278 g/mol. The largest absolute Gasteiger partial charge is 0.440 e. The van der Waals surface area contributed by atoms with E-state index in [1.807, 2.05) is 31.2 Å². The second-order valence-electron chi connectivity index (χ2n) is 4.24. The molecule has 1 N–H and O–H groups in total. The Labute approximate surface area is 122 Å². The molecule has 106 valence electrons. The highest BCUT2D eigenvalue weighted by Gasteiger charge is 2.09. The summed E-state index contributed by atoms with van der Waals surface area (Å²) in [5.41, 5.74) is 2.12. The van der Waals surface area contributed by atoms with Crippen LogP contribution in [0.4, 0.5) is 0 Å². The molecule has 0 bridgehead atoms. The fraction of sp³-hybridized carbons (Fsp3) is 0.267. The SMILES string of the molecule is CCOCc1ccc(CNC(=O)c2ccc(Cl)o2)cc1. The van der Waals surface area contributed by atoms with Gasteiger partial charge in [-0.15, -0.1) is 0 Å². The van der Waals surface area contributed by atoms with Crippen LogP contribution in [0.2, 0.25) is 5.22 Å². The molecular formula is C15H16ClNO3. The van der Waals surface area contributed by atoms with Crippen LogP contribution in [0.1, 0.15) is 28.6 Å². The Bertz CT molecular complexity index is 563. The molecule has 1 aromatic heterocycles. The summed E-state index contributed by atoms with van der Waals surface area (Å²) >= 11 is 5.62. The van der Waals surface area contributed by atoms with Crippen LogP contribution in [-0.2, 0) is 17.9 Å². The summed E-state index contributed by atoms with van der Waals surface area (Å²) in [6, 6.07) is 11.0. The molecule has 2 rings (SSSR count). The number of carbonyl (C=O) groups is 1. The first-order chi connectivity index (χ1) is 9.69. The maximum absolute atomic E-state index is 11.8. The van der Waals surface area contributed by atoms with E-state index in [1.165, 1.54) is 0 Å². The summed E-state index contributed by atoms with van der Waals surface area (Å²) in [5.74, 6) is -0.0711. The van der Waals surface area contributed by atoms with Crippen LogP contribution in [0.5, 0.6) is 0 Å². The van der Waals surface area contributed by atoms with Crippen LogP contribution < -0.4 is 5.32 Å². The number of ether oxygens (including phenoxy) is 1. The maximum atomic E-state index is 11.8. The minimum atomic E-state index is -0.282. The average molecular weight is 294 g/mol. The third-order valence-corrected chi connectivity index (χ3v) is 2.95. The molecule has 0 saturated heterocycles. The van der Waals surface area contributed by atoms with Crippen LogP contribution in [-0.4, -0.2) is 12.5 Å². The highest BCUT2D eigenvalue weighted by molar-refractivity contribution is 6.29. The van der Waals surface area contributed by atoms with E-state index < -0.39 is 0 Å². The molecule has 0 fully saturated rings. The van der Waals surface area contributed by atoms with Gasteiger partial charge in [0.05, 0.1) is 6.61 Å². The number of furan rings is 1. The molecule has 0 unspecified atom stereocenters. The van der Waals surface area contributed by atoms with Crippen LogP contribution in [0, 0.1) is 0 Å². The van der Waals surface area contributed by atoms with Crippen molar-refractivity contribution in [1.82, 2.24) is 5.32 Å². The molecule has 0 atom stereocenters. The lowest BCUT2D eigenvalue weighted by molar-refractivity contribution is 0.0923. The van der Waals surface area contributed by atoms with Gasteiger partial charge < -0.3 is 14.5 Å². The van der Waals surface area contributed by atoms with Gasteiger partial charge in [-0.25, -0.2) is 0 Å². The van der Waals surface area contributed by atoms with Gasteiger partial charge in [-0.2, -0.15) is 0 Å². The third kappa shape index (κ3) is 4.11. The fourth-order valence-corrected chi connectivity index (χ4v) is 1.83. The number of hydrogen-bond acceptors (Lipinski definition) is 3. The lowest BCUT2D eigenvalue weighted by Gasteiger charge is -2.05. The lowest BCUT2D eigenvalue weighted by Crippen LogP contribution is -2.22. The molecule has 0 spiro atoms. The molecule has 0 saturated carbocycles. The van der Waals surface area contributed by atoms with Gasteiger partial charge in [0.1, 0.15) is 0 Å². The van der Waals surface area contributed by atoms with Gasteiger partial charge in [0.15, 0.2) is 11.0 Å².